The molecule has 1 aromatic carbocycles. The van der Waals surface area contributed by atoms with E-state index in [1.54, 1.807) is 17.8 Å². The predicted molar refractivity (Wildman–Crippen MR) is 79.3 cm³/mol. The van der Waals surface area contributed by atoms with Crippen molar-refractivity contribution in [3.05, 3.63) is 24.3 Å². The van der Waals surface area contributed by atoms with Gasteiger partial charge in [0.2, 0.25) is 0 Å². The highest BCUT2D eigenvalue weighted by Gasteiger charge is 2.13. The summed E-state index contributed by atoms with van der Waals surface area (Å²) in [5, 5.41) is 5.20. The van der Waals surface area contributed by atoms with Gasteiger partial charge in [-0.05, 0) is 36.8 Å². The Hall–Kier alpha value is -1.49. The van der Waals surface area contributed by atoms with Crippen LogP contribution in [0.4, 0.5) is 5.69 Å². The maximum Gasteiger partial charge on any atom is 0.313 e. The Balaban J connectivity index is 2.47. The van der Waals surface area contributed by atoms with Gasteiger partial charge in [0.25, 0.3) is 0 Å². The molecule has 1 aromatic rings. The Kier molecular flexibility index (Phi) is 6.42. The van der Waals surface area contributed by atoms with Crippen molar-refractivity contribution in [2.45, 2.75) is 25.2 Å². The third-order valence-corrected chi connectivity index (χ3v) is 3.27. The van der Waals surface area contributed by atoms with E-state index >= 15 is 0 Å². The third-order valence-electron chi connectivity index (χ3n) is 2.54. The summed E-state index contributed by atoms with van der Waals surface area (Å²) in [5.74, 6) is -0.709. The number of thioether (sulfide) groups is 1. The summed E-state index contributed by atoms with van der Waals surface area (Å²) >= 11 is 1.58. The fourth-order valence-electron chi connectivity index (χ4n) is 1.44. The summed E-state index contributed by atoms with van der Waals surface area (Å²) in [7, 11) is 0. The maximum absolute atomic E-state index is 11.7. The van der Waals surface area contributed by atoms with Crippen molar-refractivity contribution in [3.63, 3.8) is 0 Å². The Morgan fingerprint density at radius 3 is 2.63 bits per heavy atom. The molecule has 0 aromatic heterocycles. The molecule has 0 saturated carbocycles. The molecule has 2 amide bonds. The topological polar surface area (TPSA) is 58.2 Å². The quantitative estimate of drug-likeness (QED) is 0.643. The van der Waals surface area contributed by atoms with Crippen LogP contribution in [0.3, 0.4) is 0 Å². The smallest absolute Gasteiger partial charge is 0.313 e. The molecule has 0 heterocycles. The molecule has 0 unspecified atom stereocenters. The predicted octanol–water partition coefficient (Wildman–Crippen LogP) is 2.51. The fourth-order valence-corrected chi connectivity index (χ4v) is 1.90. The van der Waals surface area contributed by atoms with Gasteiger partial charge in [0.1, 0.15) is 0 Å². The van der Waals surface area contributed by atoms with Gasteiger partial charge in [0.15, 0.2) is 0 Å². The van der Waals surface area contributed by atoms with Crippen LogP contribution in [-0.4, -0.2) is 24.6 Å². The van der Waals surface area contributed by atoms with Gasteiger partial charge < -0.3 is 10.6 Å². The van der Waals surface area contributed by atoms with E-state index in [9.17, 15) is 9.59 Å². The highest BCUT2D eigenvalue weighted by molar-refractivity contribution is 7.98. The minimum atomic E-state index is -0.623. The Morgan fingerprint density at radius 2 is 2.00 bits per heavy atom. The first-order valence-corrected chi connectivity index (χ1v) is 7.48. The summed E-state index contributed by atoms with van der Waals surface area (Å²) in [6.07, 6.45) is 2.82. The molecule has 4 nitrogen and oxygen atoms in total. The van der Waals surface area contributed by atoms with Gasteiger partial charge in [-0.25, -0.2) is 0 Å². The molecule has 0 bridgehead atoms. The Bertz CT molecular complexity index is 447. The van der Waals surface area contributed by atoms with Crippen LogP contribution in [-0.2, 0) is 9.59 Å². The molecule has 0 atom stereocenters. The second kappa shape index (κ2) is 7.84. The number of benzene rings is 1. The fraction of sp³-hybridized carbons (Fsp3) is 0.429. The number of rotatable bonds is 5. The van der Waals surface area contributed by atoms with E-state index in [4.69, 9.17) is 0 Å². The summed E-state index contributed by atoms with van der Waals surface area (Å²) < 4.78 is 0. The van der Waals surface area contributed by atoms with Gasteiger partial charge in [0, 0.05) is 17.1 Å². The molecule has 0 aliphatic heterocycles. The van der Waals surface area contributed by atoms with E-state index in [1.165, 1.54) is 0 Å². The number of hydrogen-bond donors (Lipinski definition) is 2. The molecule has 2 N–H and O–H groups in total. The number of carbonyl (C=O) groups is 2. The minimum absolute atomic E-state index is 0.502. The molecule has 1 rings (SSSR count). The molecule has 104 valence electrons. The lowest BCUT2D eigenvalue weighted by molar-refractivity contribution is -0.136. The van der Waals surface area contributed by atoms with Crippen molar-refractivity contribution in [1.29, 1.82) is 0 Å². The van der Waals surface area contributed by atoms with Gasteiger partial charge in [-0.15, -0.1) is 11.8 Å². The lowest BCUT2D eigenvalue weighted by atomic mass is 10.1. The van der Waals surface area contributed by atoms with Crippen LogP contribution >= 0.6 is 11.8 Å². The van der Waals surface area contributed by atoms with Crippen LogP contribution in [0.1, 0.15) is 20.3 Å². The summed E-state index contributed by atoms with van der Waals surface area (Å²) in [4.78, 5) is 24.3. The zero-order valence-corrected chi connectivity index (χ0v) is 12.3. The van der Waals surface area contributed by atoms with Gasteiger partial charge >= 0.3 is 11.8 Å². The summed E-state index contributed by atoms with van der Waals surface area (Å²) in [6.45, 7) is 4.66. The number of nitrogens with one attached hydrogen (secondary N) is 2. The minimum Gasteiger partial charge on any atom is -0.348 e. The molecular formula is C14H20N2O2S. The van der Waals surface area contributed by atoms with Crippen molar-refractivity contribution < 1.29 is 9.59 Å². The van der Waals surface area contributed by atoms with E-state index in [2.05, 4.69) is 24.5 Å². The zero-order valence-electron chi connectivity index (χ0n) is 11.5. The van der Waals surface area contributed by atoms with Crippen LogP contribution in [0.15, 0.2) is 29.2 Å². The van der Waals surface area contributed by atoms with Gasteiger partial charge in [0.05, 0.1) is 0 Å². The van der Waals surface area contributed by atoms with Crippen LogP contribution in [0.25, 0.3) is 0 Å². The lowest BCUT2D eigenvalue weighted by Crippen LogP contribution is -2.36. The summed E-state index contributed by atoms with van der Waals surface area (Å²) in [6, 6.07) is 7.39. The summed E-state index contributed by atoms with van der Waals surface area (Å²) in [5.41, 5.74) is 0.635. The number of amides is 2. The van der Waals surface area contributed by atoms with Crippen molar-refractivity contribution in [2.75, 3.05) is 18.1 Å². The Morgan fingerprint density at radius 1 is 1.26 bits per heavy atom. The average Bonchev–Trinajstić information content (AvgIpc) is 2.38. The van der Waals surface area contributed by atoms with E-state index < -0.39 is 11.8 Å². The standard InChI is InChI=1S/C14H20N2O2S/c1-10(2)7-8-15-13(17)14(18)16-11-5-4-6-12(9-11)19-3/h4-6,9-10H,7-8H2,1-3H3,(H,15,17)(H,16,18). The molecule has 5 heteroatoms. The molecule has 0 fully saturated rings. The molecule has 0 aliphatic carbocycles. The first-order valence-electron chi connectivity index (χ1n) is 6.26. The second-order valence-electron chi connectivity index (χ2n) is 4.62. The van der Waals surface area contributed by atoms with Gasteiger partial charge in [-0.2, -0.15) is 0 Å². The zero-order chi connectivity index (χ0) is 14.3. The van der Waals surface area contributed by atoms with E-state index in [1.807, 2.05) is 24.5 Å². The first-order chi connectivity index (χ1) is 9.02. The maximum atomic E-state index is 11.7. The van der Waals surface area contributed by atoms with Crippen LogP contribution in [0, 0.1) is 5.92 Å². The second-order valence-corrected chi connectivity index (χ2v) is 5.50. The third kappa shape index (κ3) is 5.79. The van der Waals surface area contributed by atoms with Crippen LogP contribution in [0.5, 0.6) is 0 Å². The average molecular weight is 280 g/mol. The molecule has 19 heavy (non-hydrogen) atoms. The molecule has 0 aliphatic rings. The monoisotopic (exact) mass is 280 g/mol. The van der Waals surface area contributed by atoms with Crippen molar-refractivity contribution >= 4 is 29.3 Å². The lowest BCUT2D eigenvalue weighted by Gasteiger charge is -2.08. The number of carbonyl (C=O) groups excluding carboxylic acids is 2. The van der Waals surface area contributed by atoms with E-state index in [0.29, 0.717) is 18.2 Å². The Labute approximate surface area is 118 Å². The first kappa shape index (κ1) is 15.6. The largest absolute Gasteiger partial charge is 0.348 e. The van der Waals surface area contributed by atoms with Crippen molar-refractivity contribution in [2.24, 2.45) is 5.92 Å². The van der Waals surface area contributed by atoms with Crippen LogP contribution in [0.2, 0.25) is 0 Å². The molecule has 0 radical (unpaired) electrons. The van der Waals surface area contributed by atoms with Crippen LogP contribution < -0.4 is 10.6 Å². The van der Waals surface area contributed by atoms with E-state index in [0.717, 1.165) is 11.3 Å². The number of hydrogen-bond acceptors (Lipinski definition) is 3. The highest BCUT2D eigenvalue weighted by Crippen LogP contribution is 2.18. The van der Waals surface area contributed by atoms with Crippen molar-refractivity contribution in [3.8, 4) is 0 Å². The van der Waals surface area contributed by atoms with E-state index in [-0.39, 0.29) is 0 Å². The molecular weight excluding hydrogens is 260 g/mol. The molecule has 0 saturated heterocycles. The van der Waals surface area contributed by atoms with Crippen molar-refractivity contribution in [1.82, 2.24) is 5.32 Å². The normalized spacial score (nSPS) is 10.3. The highest BCUT2D eigenvalue weighted by atomic mass is 32.2. The SMILES string of the molecule is CSc1cccc(NC(=O)C(=O)NCCC(C)C)c1. The number of anilines is 1. The van der Waals surface area contributed by atoms with Gasteiger partial charge in [-0.3, -0.25) is 9.59 Å². The van der Waals surface area contributed by atoms with Gasteiger partial charge in [-0.1, -0.05) is 19.9 Å². The molecule has 0 spiro atoms.